The lowest BCUT2D eigenvalue weighted by molar-refractivity contribution is -0.116. The fraction of sp³-hybridized carbons (Fsp3) is 0.474. The van der Waals surface area contributed by atoms with Gasteiger partial charge in [0.15, 0.2) is 0 Å². The van der Waals surface area contributed by atoms with Gasteiger partial charge in [-0.05, 0) is 70.2 Å². The number of carbonyl (C=O) groups excluding carboxylic acids is 1. The van der Waals surface area contributed by atoms with Crippen LogP contribution in [0.4, 0.5) is 5.69 Å². The van der Waals surface area contributed by atoms with Crippen molar-refractivity contribution in [2.24, 2.45) is 0 Å². The van der Waals surface area contributed by atoms with Crippen LogP contribution in [0, 0.1) is 13.8 Å². The first-order valence-electron chi connectivity index (χ1n) is 8.60. The second-order valence-corrected chi connectivity index (χ2v) is 6.40. The number of benzene rings is 1. The molecule has 0 spiro atoms. The summed E-state index contributed by atoms with van der Waals surface area (Å²) in [6.07, 6.45) is 6.17. The van der Waals surface area contributed by atoms with E-state index in [0.717, 1.165) is 41.3 Å². The molecule has 1 heterocycles. The molecule has 1 aliphatic rings. The topological polar surface area (TPSA) is 64.4 Å². The Morgan fingerprint density at radius 2 is 1.96 bits per heavy atom. The number of anilines is 1. The summed E-state index contributed by atoms with van der Waals surface area (Å²) < 4.78 is 11.0. The average molecular weight is 328 g/mol. The summed E-state index contributed by atoms with van der Waals surface area (Å²) in [7, 11) is 0. The van der Waals surface area contributed by atoms with Crippen molar-refractivity contribution in [2.45, 2.75) is 58.5 Å². The van der Waals surface area contributed by atoms with Gasteiger partial charge in [0.2, 0.25) is 5.91 Å². The van der Waals surface area contributed by atoms with Gasteiger partial charge in [0.25, 0.3) is 0 Å². The number of ether oxygens (including phenoxy) is 1. The van der Waals surface area contributed by atoms with Gasteiger partial charge < -0.3 is 14.6 Å². The lowest BCUT2D eigenvalue weighted by Gasteiger charge is -2.13. The lowest BCUT2D eigenvalue weighted by atomic mass is 10.1. The van der Waals surface area contributed by atoms with Gasteiger partial charge >= 0.3 is 0 Å². The summed E-state index contributed by atoms with van der Waals surface area (Å²) in [6, 6.07) is 7.61. The molecule has 1 aromatic heterocycles. The first-order valence-corrected chi connectivity index (χ1v) is 8.60. The van der Waals surface area contributed by atoms with Gasteiger partial charge in [-0.3, -0.25) is 4.79 Å². The van der Waals surface area contributed by atoms with Gasteiger partial charge in [-0.2, -0.15) is 0 Å². The van der Waals surface area contributed by atoms with E-state index in [0.29, 0.717) is 18.9 Å². The summed E-state index contributed by atoms with van der Waals surface area (Å²) in [4.78, 5) is 12.1. The molecule has 24 heavy (non-hydrogen) atoms. The van der Waals surface area contributed by atoms with E-state index in [1.807, 2.05) is 38.1 Å². The van der Waals surface area contributed by atoms with Crippen LogP contribution in [-0.2, 0) is 11.2 Å². The standard InChI is InChI=1S/C19H24N2O3/c1-13-18(14(2)24-21-13)11-12-19(22)20-15-7-9-17(10-8-15)23-16-5-3-4-6-16/h7-10,16H,3-6,11-12H2,1-2H3,(H,20,22). The summed E-state index contributed by atoms with van der Waals surface area (Å²) >= 11 is 0. The van der Waals surface area contributed by atoms with E-state index in [1.54, 1.807) is 0 Å². The maximum atomic E-state index is 12.1. The van der Waals surface area contributed by atoms with Crippen LogP contribution in [-0.4, -0.2) is 17.2 Å². The number of aryl methyl sites for hydroxylation is 2. The zero-order chi connectivity index (χ0) is 16.9. The Morgan fingerprint density at radius 3 is 2.58 bits per heavy atom. The fourth-order valence-electron chi connectivity index (χ4n) is 3.14. The van der Waals surface area contributed by atoms with E-state index in [2.05, 4.69) is 10.5 Å². The van der Waals surface area contributed by atoms with Gasteiger partial charge in [-0.15, -0.1) is 0 Å². The minimum Gasteiger partial charge on any atom is -0.490 e. The van der Waals surface area contributed by atoms with Crippen LogP contribution in [0.5, 0.6) is 5.75 Å². The zero-order valence-electron chi connectivity index (χ0n) is 14.3. The second-order valence-electron chi connectivity index (χ2n) is 6.40. The molecular weight excluding hydrogens is 304 g/mol. The molecule has 1 aliphatic carbocycles. The van der Waals surface area contributed by atoms with Crippen LogP contribution in [0.2, 0.25) is 0 Å². The highest BCUT2D eigenvalue weighted by Gasteiger charge is 2.16. The molecule has 3 rings (SSSR count). The van der Waals surface area contributed by atoms with Crippen LogP contribution in [0.25, 0.3) is 0 Å². The number of nitrogens with one attached hydrogen (secondary N) is 1. The average Bonchev–Trinajstić information content (AvgIpc) is 3.18. The Morgan fingerprint density at radius 1 is 1.25 bits per heavy atom. The third-order valence-corrected chi connectivity index (χ3v) is 4.53. The van der Waals surface area contributed by atoms with E-state index in [4.69, 9.17) is 9.26 Å². The van der Waals surface area contributed by atoms with Gasteiger partial charge in [0, 0.05) is 17.7 Å². The van der Waals surface area contributed by atoms with Crippen molar-refractivity contribution < 1.29 is 14.1 Å². The van der Waals surface area contributed by atoms with E-state index < -0.39 is 0 Å². The van der Waals surface area contributed by atoms with Crippen molar-refractivity contribution in [1.82, 2.24) is 5.16 Å². The Kier molecular flexibility index (Phi) is 5.18. The molecule has 1 aromatic carbocycles. The van der Waals surface area contributed by atoms with Gasteiger partial charge in [0.1, 0.15) is 11.5 Å². The summed E-state index contributed by atoms with van der Waals surface area (Å²) in [5.74, 6) is 1.64. The molecule has 128 valence electrons. The number of aromatic nitrogens is 1. The maximum Gasteiger partial charge on any atom is 0.224 e. The quantitative estimate of drug-likeness (QED) is 0.864. The van der Waals surface area contributed by atoms with Crippen molar-refractivity contribution in [3.05, 3.63) is 41.3 Å². The van der Waals surface area contributed by atoms with Crippen LogP contribution >= 0.6 is 0 Å². The van der Waals surface area contributed by atoms with E-state index in [-0.39, 0.29) is 5.91 Å². The van der Waals surface area contributed by atoms with Crippen LogP contribution in [0.15, 0.2) is 28.8 Å². The molecule has 0 unspecified atom stereocenters. The summed E-state index contributed by atoms with van der Waals surface area (Å²) in [5.41, 5.74) is 2.66. The summed E-state index contributed by atoms with van der Waals surface area (Å²) in [5, 5.41) is 6.83. The van der Waals surface area contributed by atoms with Crippen molar-refractivity contribution >= 4 is 11.6 Å². The van der Waals surface area contributed by atoms with Crippen molar-refractivity contribution in [3.63, 3.8) is 0 Å². The van der Waals surface area contributed by atoms with E-state index in [9.17, 15) is 4.79 Å². The number of hydrogen-bond donors (Lipinski definition) is 1. The molecule has 1 saturated carbocycles. The Balaban J connectivity index is 1.49. The molecule has 0 atom stereocenters. The maximum absolute atomic E-state index is 12.1. The van der Waals surface area contributed by atoms with Crippen molar-refractivity contribution in [2.75, 3.05) is 5.32 Å². The molecule has 0 radical (unpaired) electrons. The third-order valence-electron chi connectivity index (χ3n) is 4.53. The molecule has 2 aromatic rings. The van der Waals surface area contributed by atoms with Crippen molar-refractivity contribution in [3.8, 4) is 5.75 Å². The zero-order valence-corrected chi connectivity index (χ0v) is 14.3. The molecule has 0 saturated heterocycles. The number of amides is 1. The minimum atomic E-state index is -0.0144. The Hall–Kier alpha value is -2.30. The predicted octanol–water partition coefficient (Wildman–Crippen LogP) is 4.18. The normalized spacial score (nSPS) is 14.8. The monoisotopic (exact) mass is 328 g/mol. The first kappa shape index (κ1) is 16.6. The SMILES string of the molecule is Cc1noc(C)c1CCC(=O)Nc1ccc(OC2CCCC2)cc1. The number of rotatable bonds is 6. The fourth-order valence-corrected chi connectivity index (χ4v) is 3.14. The minimum absolute atomic E-state index is 0.0144. The highest BCUT2D eigenvalue weighted by Crippen LogP contribution is 2.25. The highest BCUT2D eigenvalue weighted by atomic mass is 16.5. The van der Waals surface area contributed by atoms with Gasteiger partial charge in [-0.25, -0.2) is 0 Å². The van der Waals surface area contributed by atoms with Crippen LogP contribution in [0.3, 0.4) is 0 Å². The Labute approximate surface area is 142 Å². The molecule has 1 amide bonds. The largest absolute Gasteiger partial charge is 0.490 e. The molecular formula is C19H24N2O3. The second kappa shape index (κ2) is 7.51. The molecule has 1 N–H and O–H groups in total. The van der Waals surface area contributed by atoms with Gasteiger partial charge in [-0.1, -0.05) is 5.16 Å². The lowest BCUT2D eigenvalue weighted by Crippen LogP contribution is -2.13. The van der Waals surface area contributed by atoms with Crippen molar-refractivity contribution in [1.29, 1.82) is 0 Å². The highest BCUT2D eigenvalue weighted by molar-refractivity contribution is 5.90. The number of nitrogens with zero attached hydrogens (tertiary/aromatic N) is 1. The van der Waals surface area contributed by atoms with E-state index in [1.165, 1.54) is 12.8 Å². The number of carbonyl (C=O) groups is 1. The first-order chi connectivity index (χ1) is 11.6. The number of hydrogen-bond acceptors (Lipinski definition) is 4. The summed E-state index contributed by atoms with van der Waals surface area (Å²) in [6.45, 7) is 3.77. The van der Waals surface area contributed by atoms with Gasteiger partial charge in [0.05, 0.1) is 11.8 Å². The molecule has 5 heteroatoms. The molecule has 0 aliphatic heterocycles. The third kappa shape index (κ3) is 4.16. The molecule has 1 fully saturated rings. The van der Waals surface area contributed by atoms with E-state index >= 15 is 0 Å². The van der Waals surface area contributed by atoms with Crippen LogP contribution in [0.1, 0.15) is 49.1 Å². The smallest absolute Gasteiger partial charge is 0.224 e. The predicted molar refractivity (Wildman–Crippen MR) is 92.3 cm³/mol. The Bertz CT molecular complexity index is 666. The molecule has 0 bridgehead atoms. The van der Waals surface area contributed by atoms with Crippen LogP contribution < -0.4 is 10.1 Å². The molecule has 5 nitrogen and oxygen atoms in total.